The first-order valence-electron chi connectivity index (χ1n) is 12.7. The molecule has 2 aromatic heterocycles. The number of fused-ring (bicyclic) bond motifs is 3. The monoisotopic (exact) mass is 560 g/mol. The first-order valence-corrected chi connectivity index (χ1v) is 14.2. The van der Waals surface area contributed by atoms with Gasteiger partial charge in [0.2, 0.25) is 0 Å². The van der Waals surface area contributed by atoms with Crippen molar-refractivity contribution in [2.45, 2.75) is 0 Å². The van der Waals surface area contributed by atoms with E-state index < -0.39 is 0 Å². The molecule has 5 heteroatoms. The highest BCUT2D eigenvalue weighted by Gasteiger charge is 2.19. The molecule has 0 amide bonds. The Morgan fingerprint density at radius 3 is 1.97 bits per heavy atom. The molecule has 188 valence electrons. The molecule has 0 bridgehead atoms. The standard InChI is InChI=1S/C34H22Cl2N2S/c35-24-19-23(20-25(36)21-24)33-17-18-34(39-33)37(26-9-3-1-4-10-26)28-15-16-30-29-13-7-8-14-31(29)38(32(30)22-28)27-11-5-2-6-12-27/h1-22H. The quantitative estimate of drug-likeness (QED) is 0.203. The van der Waals surface area contributed by atoms with Crippen molar-refractivity contribution in [3.63, 3.8) is 0 Å². The molecule has 2 nitrogen and oxygen atoms in total. The predicted octanol–water partition coefficient (Wildman–Crippen LogP) is 11.3. The molecule has 0 atom stereocenters. The van der Waals surface area contributed by atoms with Gasteiger partial charge in [-0.3, -0.25) is 0 Å². The van der Waals surface area contributed by atoms with Crippen LogP contribution in [0.1, 0.15) is 0 Å². The lowest BCUT2D eigenvalue weighted by Crippen LogP contribution is -2.08. The minimum atomic E-state index is 0.631. The second-order valence-electron chi connectivity index (χ2n) is 9.36. The van der Waals surface area contributed by atoms with Crippen LogP contribution < -0.4 is 4.90 Å². The maximum absolute atomic E-state index is 6.32. The second kappa shape index (κ2) is 9.94. The number of nitrogens with zero attached hydrogens (tertiary/aromatic N) is 2. The smallest absolute Gasteiger partial charge is 0.101 e. The van der Waals surface area contributed by atoms with Crippen LogP contribution in [-0.4, -0.2) is 4.57 Å². The van der Waals surface area contributed by atoms with Crippen LogP contribution in [0, 0.1) is 0 Å². The Kier molecular flexibility index (Phi) is 6.13. The van der Waals surface area contributed by atoms with Crippen molar-refractivity contribution in [2.24, 2.45) is 0 Å². The fourth-order valence-electron chi connectivity index (χ4n) is 5.23. The number of rotatable bonds is 5. The van der Waals surface area contributed by atoms with E-state index >= 15 is 0 Å². The number of benzene rings is 5. The molecule has 0 radical (unpaired) electrons. The first kappa shape index (κ1) is 24.1. The van der Waals surface area contributed by atoms with Gasteiger partial charge in [0.15, 0.2) is 0 Å². The molecule has 39 heavy (non-hydrogen) atoms. The van der Waals surface area contributed by atoms with Crippen LogP contribution in [0.15, 0.2) is 133 Å². The highest BCUT2D eigenvalue weighted by Crippen LogP contribution is 2.44. The van der Waals surface area contributed by atoms with Crippen LogP contribution in [0.2, 0.25) is 10.0 Å². The Labute approximate surface area is 240 Å². The van der Waals surface area contributed by atoms with Gasteiger partial charge in [0.05, 0.1) is 11.0 Å². The molecule has 0 N–H and O–H groups in total. The summed E-state index contributed by atoms with van der Waals surface area (Å²) in [6.07, 6.45) is 0. The zero-order chi connectivity index (χ0) is 26.3. The third-order valence-corrected chi connectivity index (χ3v) is 8.46. The van der Waals surface area contributed by atoms with E-state index in [9.17, 15) is 0 Å². The molecule has 0 unspecified atom stereocenters. The lowest BCUT2D eigenvalue weighted by Gasteiger charge is -2.24. The summed E-state index contributed by atoms with van der Waals surface area (Å²) in [5, 5.41) is 4.84. The maximum Gasteiger partial charge on any atom is 0.101 e. The van der Waals surface area contributed by atoms with Crippen molar-refractivity contribution >= 4 is 72.7 Å². The Morgan fingerprint density at radius 1 is 0.538 bits per heavy atom. The highest BCUT2D eigenvalue weighted by molar-refractivity contribution is 7.19. The van der Waals surface area contributed by atoms with Crippen molar-refractivity contribution in [2.75, 3.05) is 4.90 Å². The zero-order valence-corrected chi connectivity index (χ0v) is 23.1. The summed E-state index contributed by atoms with van der Waals surface area (Å²) < 4.78 is 2.35. The molecule has 0 aliphatic rings. The zero-order valence-electron chi connectivity index (χ0n) is 20.8. The van der Waals surface area contributed by atoms with Crippen molar-refractivity contribution in [3.8, 4) is 16.1 Å². The van der Waals surface area contributed by atoms with E-state index in [1.807, 2.05) is 18.2 Å². The lowest BCUT2D eigenvalue weighted by molar-refractivity contribution is 1.18. The third-order valence-electron chi connectivity index (χ3n) is 6.90. The number of hydrogen-bond donors (Lipinski definition) is 0. The molecular formula is C34H22Cl2N2S. The average Bonchev–Trinajstić information content (AvgIpc) is 3.57. The molecule has 5 aromatic carbocycles. The van der Waals surface area contributed by atoms with Gasteiger partial charge in [0.1, 0.15) is 5.00 Å². The van der Waals surface area contributed by atoms with Crippen LogP contribution in [0.25, 0.3) is 37.9 Å². The molecule has 0 aliphatic carbocycles. The molecule has 0 spiro atoms. The summed E-state index contributed by atoms with van der Waals surface area (Å²) in [5.41, 5.74) is 6.69. The number of thiophene rings is 1. The van der Waals surface area contributed by atoms with Crippen LogP contribution in [0.5, 0.6) is 0 Å². The Morgan fingerprint density at radius 2 is 1.21 bits per heavy atom. The summed E-state index contributed by atoms with van der Waals surface area (Å²) in [5.74, 6) is 0. The Hall–Kier alpha value is -4.02. The van der Waals surface area contributed by atoms with Gasteiger partial charge in [0.25, 0.3) is 0 Å². The minimum Gasteiger partial charge on any atom is -0.309 e. The van der Waals surface area contributed by atoms with Crippen LogP contribution >= 0.6 is 34.5 Å². The van der Waals surface area contributed by atoms with E-state index in [2.05, 4.69) is 119 Å². The number of anilines is 3. The fourth-order valence-corrected chi connectivity index (χ4v) is 6.79. The summed E-state index contributed by atoms with van der Waals surface area (Å²) in [7, 11) is 0. The molecule has 0 aliphatic heterocycles. The molecule has 7 rings (SSSR count). The van der Waals surface area contributed by atoms with Gasteiger partial charge < -0.3 is 9.47 Å². The van der Waals surface area contributed by atoms with Gasteiger partial charge >= 0.3 is 0 Å². The van der Waals surface area contributed by atoms with Crippen molar-refractivity contribution < 1.29 is 0 Å². The third kappa shape index (κ3) is 4.39. The summed E-state index contributed by atoms with van der Waals surface area (Å²) in [6.45, 7) is 0. The first-order chi connectivity index (χ1) is 19.2. The highest BCUT2D eigenvalue weighted by atomic mass is 35.5. The predicted molar refractivity (Wildman–Crippen MR) is 169 cm³/mol. The van der Waals surface area contributed by atoms with Gasteiger partial charge in [0, 0.05) is 42.8 Å². The average molecular weight is 562 g/mol. The maximum atomic E-state index is 6.32. The lowest BCUT2D eigenvalue weighted by atomic mass is 10.1. The van der Waals surface area contributed by atoms with Gasteiger partial charge in [-0.25, -0.2) is 0 Å². The molecule has 0 fully saturated rings. The van der Waals surface area contributed by atoms with Crippen molar-refractivity contribution in [1.29, 1.82) is 0 Å². The fraction of sp³-hybridized carbons (Fsp3) is 0. The molecular weight excluding hydrogens is 539 g/mol. The van der Waals surface area contributed by atoms with Crippen LogP contribution in [0.3, 0.4) is 0 Å². The molecule has 7 aromatic rings. The number of halogens is 2. The SMILES string of the molecule is Clc1cc(Cl)cc(-c2ccc(N(c3ccccc3)c3ccc4c5ccccc5n(-c5ccccc5)c4c3)s2)c1. The van der Waals surface area contributed by atoms with E-state index in [0.717, 1.165) is 32.5 Å². The summed E-state index contributed by atoms with van der Waals surface area (Å²) >= 11 is 14.4. The summed E-state index contributed by atoms with van der Waals surface area (Å²) in [6, 6.07) is 46.4. The van der Waals surface area contributed by atoms with Gasteiger partial charge in [-0.2, -0.15) is 0 Å². The van der Waals surface area contributed by atoms with Crippen molar-refractivity contribution in [1.82, 2.24) is 4.57 Å². The Bertz CT molecular complexity index is 1920. The van der Waals surface area contributed by atoms with E-state index in [1.165, 1.54) is 21.8 Å². The molecule has 2 heterocycles. The second-order valence-corrected chi connectivity index (χ2v) is 11.3. The summed E-state index contributed by atoms with van der Waals surface area (Å²) in [4.78, 5) is 3.42. The minimum absolute atomic E-state index is 0.631. The van der Waals surface area contributed by atoms with E-state index in [0.29, 0.717) is 10.0 Å². The van der Waals surface area contributed by atoms with Gasteiger partial charge in [-0.15, -0.1) is 11.3 Å². The Balaban J connectivity index is 1.44. The molecule has 0 saturated carbocycles. The number of hydrogen-bond acceptors (Lipinski definition) is 2. The van der Waals surface area contributed by atoms with Gasteiger partial charge in [-0.05, 0) is 78.4 Å². The van der Waals surface area contributed by atoms with E-state index in [4.69, 9.17) is 23.2 Å². The van der Waals surface area contributed by atoms with Crippen LogP contribution in [-0.2, 0) is 0 Å². The van der Waals surface area contributed by atoms with Crippen molar-refractivity contribution in [3.05, 3.63) is 144 Å². The number of aromatic nitrogens is 1. The topological polar surface area (TPSA) is 8.17 Å². The number of para-hydroxylation sites is 3. The molecule has 0 saturated heterocycles. The van der Waals surface area contributed by atoms with Crippen LogP contribution in [0.4, 0.5) is 16.4 Å². The van der Waals surface area contributed by atoms with E-state index in [1.54, 1.807) is 17.4 Å². The normalized spacial score (nSPS) is 11.3. The van der Waals surface area contributed by atoms with Gasteiger partial charge in [-0.1, -0.05) is 83.9 Å². The largest absolute Gasteiger partial charge is 0.309 e. The van der Waals surface area contributed by atoms with E-state index in [-0.39, 0.29) is 0 Å².